The maximum Gasteiger partial charge on any atom is 2.00 e. The van der Waals surface area contributed by atoms with Crippen LogP contribution < -0.4 is 0 Å². The maximum atomic E-state index is 3.97. The Hall–Kier alpha value is 0.0243. The molecule has 0 spiro atoms. The van der Waals surface area contributed by atoms with Crippen molar-refractivity contribution in [3.8, 4) is 0 Å². The Kier molecular flexibility index (Phi) is 13.4. The third-order valence-electron chi connectivity index (χ3n) is 1.28. The number of aryl methyl sites for hydroxylation is 1. The van der Waals surface area contributed by atoms with Gasteiger partial charge in [0.15, 0.2) is 0 Å². The summed E-state index contributed by atoms with van der Waals surface area (Å²) in [5.74, 6) is 0. The molecule has 12 heavy (non-hydrogen) atoms. The molecular weight excluding hydrogens is 182 g/mol. The minimum absolute atomic E-state index is 0. The number of rotatable bonds is 2. The average molecular weight is 199 g/mol. The van der Waals surface area contributed by atoms with Gasteiger partial charge in [0.05, 0.1) is 0 Å². The van der Waals surface area contributed by atoms with Crippen molar-refractivity contribution < 1.29 is 21.7 Å². The van der Waals surface area contributed by atoms with E-state index in [0.29, 0.717) is 0 Å². The van der Waals surface area contributed by atoms with Crippen LogP contribution >= 0.6 is 0 Å². The van der Waals surface area contributed by atoms with Crippen molar-refractivity contribution in [1.29, 1.82) is 0 Å². The molecule has 0 aliphatic heterocycles. The van der Waals surface area contributed by atoms with Crippen LogP contribution in [-0.4, -0.2) is 13.1 Å². The Labute approximate surface area is 90.8 Å². The zero-order valence-electron chi connectivity index (χ0n) is 8.17. The van der Waals surface area contributed by atoms with Gasteiger partial charge in [-0.15, -0.1) is 0 Å². The van der Waals surface area contributed by atoms with Gasteiger partial charge >= 0.3 is 21.7 Å². The van der Waals surface area contributed by atoms with Gasteiger partial charge in [-0.25, -0.2) is 12.1 Å². The zero-order valence-corrected chi connectivity index (χ0v) is 9.73. The van der Waals surface area contributed by atoms with Crippen LogP contribution in [0.25, 0.3) is 5.32 Å². The summed E-state index contributed by atoms with van der Waals surface area (Å²) in [6, 6.07) is 8.24. The summed E-state index contributed by atoms with van der Waals surface area (Å²) in [4.78, 5) is 0. The molecule has 2 heteroatoms. The molecule has 0 N–H and O–H groups in total. The molecule has 1 nitrogen and oxygen atoms in total. The number of nitrogens with zero attached hydrogens (tertiary/aromatic N) is 1. The van der Waals surface area contributed by atoms with Crippen molar-refractivity contribution in [3.05, 3.63) is 35.1 Å². The summed E-state index contributed by atoms with van der Waals surface area (Å²) in [6.45, 7) is 8.11. The molecule has 0 radical (unpaired) electrons. The minimum Gasteiger partial charge on any atom is -0.663 e. The van der Waals surface area contributed by atoms with Crippen molar-refractivity contribution in [1.82, 2.24) is 0 Å². The molecule has 1 rings (SSSR count). The molecule has 0 aromatic heterocycles. The predicted molar refractivity (Wildman–Crippen MR) is 51.2 cm³/mol. The molecule has 0 aliphatic carbocycles. The topological polar surface area (TPSA) is 14.1 Å². The first-order chi connectivity index (χ1) is 5.31. The fraction of sp³-hybridized carbons (Fsp3) is 0.500. The van der Waals surface area contributed by atoms with Crippen molar-refractivity contribution in [2.24, 2.45) is 0 Å². The van der Waals surface area contributed by atoms with E-state index in [1.165, 1.54) is 5.56 Å². The van der Waals surface area contributed by atoms with Gasteiger partial charge in [0.2, 0.25) is 0 Å². The molecule has 0 heterocycles. The Morgan fingerprint density at radius 3 is 1.58 bits per heavy atom. The standard InChI is InChI=1S/C6H7.C4H10N.Ti/c1-6-4-2-3-5-6;1-3-5-4-2;/h2-5H,1H3;3-4H2,1-2H3;/q2*-1;+2. The van der Waals surface area contributed by atoms with Crippen molar-refractivity contribution in [3.63, 3.8) is 0 Å². The van der Waals surface area contributed by atoms with Crippen LogP contribution in [0.3, 0.4) is 0 Å². The van der Waals surface area contributed by atoms with Crippen molar-refractivity contribution in [2.75, 3.05) is 13.1 Å². The molecule has 1 aromatic rings. The number of hydrogen-bond donors (Lipinski definition) is 0. The van der Waals surface area contributed by atoms with E-state index in [1.54, 1.807) is 0 Å². The van der Waals surface area contributed by atoms with E-state index >= 15 is 0 Å². The van der Waals surface area contributed by atoms with E-state index in [-0.39, 0.29) is 21.7 Å². The van der Waals surface area contributed by atoms with Gasteiger partial charge in [-0.3, -0.25) is 0 Å². The maximum absolute atomic E-state index is 3.97. The monoisotopic (exact) mass is 199 g/mol. The largest absolute Gasteiger partial charge is 2.00 e. The average Bonchev–Trinajstić information content (AvgIpc) is 2.43. The van der Waals surface area contributed by atoms with Crippen LogP contribution in [0.4, 0.5) is 0 Å². The molecule has 0 aliphatic rings. The van der Waals surface area contributed by atoms with Gasteiger partial charge in [0.25, 0.3) is 0 Å². The molecule has 0 saturated heterocycles. The SMILES string of the molecule is CC[N-]CC.C[c-]1cccc1.[Ti+2]. The molecule has 66 valence electrons. The first kappa shape index (κ1) is 14.5. The van der Waals surface area contributed by atoms with Crippen LogP contribution in [0.2, 0.25) is 0 Å². The number of hydrogen-bond acceptors (Lipinski definition) is 0. The summed E-state index contributed by atoms with van der Waals surface area (Å²) < 4.78 is 0. The molecule has 1 aromatic carbocycles. The molecule has 0 fully saturated rings. The van der Waals surface area contributed by atoms with E-state index in [2.05, 4.69) is 24.4 Å². The summed E-state index contributed by atoms with van der Waals surface area (Å²) >= 11 is 0. The summed E-state index contributed by atoms with van der Waals surface area (Å²) in [7, 11) is 0. The fourth-order valence-electron chi connectivity index (χ4n) is 0.694. The van der Waals surface area contributed by atoms with Gasteiger partial charge in [-0.1, -0.05) is 20.8 Å². The van der Waals surface area contributed by atoms with Gasteiger partial charge < -0.3 is 5.32 Å². The quantitative estimate of drug-likeness (QED) is 0.513. The molecule has 0 bridgehead atoms. The zero-order chi connectivity index (χ0) is 8.53. The van der Waals surface area contributed by atoms with E-state index < -0.39 is 0 Å². The Bertz CT molecular complexity index is 145. The first-order valence-electron chi connectivity index (χ1n) is 4.12. The second kappa shape index (κ2) is 11.0. The first-order valence-corrected chi connectivity index (χ1v) is 4.12. The van der Waals surface area contributed by atoms with Crippen LogP contribution in [-0.2, 0) is 21.7 Å². The Morgan fingerprint density at radius 2 is 1.50 bits per heavy atom. The second-order valence-corrected chi connectivity index (χ2v) is 2.32. The fourth-order valence-corrected chi connectivity index (χ4v) is 0.694. The minimum atomic E-state index is 0. The smallest absolute Gasteiger partial charge is 0.663 e. The van der Waals surface area contributed by atoms with Crippen LogP contribution in [0.1, 0.15) is 19.4 Å². The summed E-state index contributed by atoms with van der Waals surface area (Å²) in [5, 5.41) is 3.97. The molecular formula is C10H17NTi. The van der Waals surface area contributed by atoms with Crippen molar-refractivity contribution >= 4 is 0 Å². The normalized spacial score (nSPS) is 7.92. The van der Waals surface area contributed by atoms with Gasteiger partial charge in [0.1, 0.15) is 0 Å². The predicted octanol–water partition coefficient (Wildman–Crippen LogP) is 3.11. The van der Waals surface area contributed by atoms with Crippen molar-refractivity contribution in [2.45, 2.75) is 20.8 Å². The van der Waals surface area contributed by atoms with E-state index in [9.17, 15) is 0 Å². The van der Waals surface area contributed by atoms with Crippen LogP contribution in [0.5, 0.6) is 0 Å². The Morgan fingerprint density at radius 1 is 1.08 bits per heavy atom. The van der Waals surface area contributed by atoms with E-state index in [1.807, 2.05) is 26.0 Å². The third kappa shape index (κ3) is 10.0. The van der Waals surface area contributed by atoms with Crippen LogP contribution in [0.15, 0.2) is 24.3 Å². The van der Waals surface area contributed by atoms with E-state index in [0.717, 1.165) is 13.1 Å². The van der Waals surface area contributed by atoms with E-state index in [4.69, 9.17) is 0 Å². The molecule has 0 amide bonds. The van der Waals surface area contributed by atoms with Gasteiger partial charge in [-0.05, 0) is 0 Å². The van der Waals surface area contributed by atoms with Crippen LogP contribution in [0, 0.1) is 6.92 Å². The summed E-state index contributed by atoms with van der Waals surface area (Å²) in [5.41, 5.74) is 1.34. The third-order valence-corrected chi connectivity index (χ3v) is 1.28. The van der Waals surface area contributed by atoms with Gasteiger partial charge in [-0.2, -0.15) is 30.8 Å². The second-order valence-electron chi connectivity index (χ2n) is 2.32. The molecule has 0 saturated carbocycles. The molecule has 0 unspecified atom stereocenters. The Balaban J connectivity index is 0. The molecule has 0 atom stereocenters. The summed E-state index contributed by atoms with van der Waals surface area (Å²) in [6.07, 6.45) is 0. The van der Waals surface area contributed by atoms with Gasteiger partial charge in [0, 0.05) is 0 Å².